The lowest BCUT2D eigenvalue weighted by Crippen LogP contribution is -1.73. The number of hydrogen-bond donors (Lipinski definition) is 0. The average Bonchev–Trinajstić information content (AvgIpc) is 2.37. The van der Waals surface area contributed by atoms with Crippen LogP contribution < -0.4 is 4.74 Å². The Kier molecular flexibility index (Phi) is 2.51. The van der Waals surface area contributed by atoms with Gasteiger partial charge < -0.3 is 4.74 Å². The van der Waals surface area contributed by atoms with E-state index >= 15 is 0 Å². The number of rotatable bonds is 2. The number of allylic oxidation sites excluding steroid dienone is 1. The van der Waals surface area contributed by atoms with Crippen LogP contribution in [0.15, 0.2) is 18.2 Å². The first kappa shape index (κ1) is 7.35. The Morgan fingerprint density at radius 1 is 1.50 bits per heavy atom. The van der Waals surface area contributed by atoms with Gasteiger partial charge in [-0.15, -0.1) is 0 Å². The molecule has 54 valence electrons. The van der Waals surface area contributed by atoms with Gasteiger partial charge in [-0.3, -0.25) is 0 Å². The summed E-state index contributed by atoms with van der Waals surface area (Å²) in [6.07, 6.45) is 4.08. The van der Waals surface area contributed by atoms with E-state index in [0.29, 0.717) is 0 Å². The molecular weight excluding hydrogens is 144 g/mol. The van der Waals surface area contributed by atoms with Crippen molar-refractivity contribution in [1.82, 2.24) is 0 Å². The summed E-state index contributed by atoms with van der Waals surface area (Å²) in [5.74, 6) is 0. The second kappa shape index (κ2) is 3.42. The topological polar surface area (TPSA) is 9.23 Å². The van der Waals surface area contributed by atoms with Crippen molar-refractivity contribution in [2.75, 3.05) is 7.11 Å². The lowest BCUT2D eigenvalue weighted by atomic mass is 10.4. The Hall–Kier alpha value is -0.760. The molecule has 0 radical (unpaired) electrons. The van der Waals surface area contributed by atoms with Crippen LogP contribution in [0.5, 0.6) is 5.06 Å². The molecule has 0 atom stereocenters. The van der Waals surface area contributed by atoms with Gasteiger partial charge in [0.25, 0.3) is 0 Å². The van der Waals surface area contributed by atoms with Gasteiger partial charge in [0.1, 0.15) is 0 Å². The largest absolute Gasteiger partial charge is 0.487 e. The SMILES string of the molecule is C/C=C/c1ccc(OC)s1. The van der Waals surface area contributed by atoms with Crippen molar-refractivity contribution < 1.29 is 4.74 Å². The third-order valence-corrected chi connectivity index (χ3v) is 2.15. The van der Waals surface area contributed by atoms with E-state index in [4.69, 9.17) is 4.74 Å². The molecule has 0 bridgehead atoms. The van der Waals surface area contributed by atoms with Gasteiger partial charge in [0.15, 0.2) is 5.06 Å². The van der Waals surface area contributed by atoms with Crippen LogP contribution in [0.1, 0.15) is 11.8 Å². The number of thiophene rings is 1. The zero-order valence-corrected chi connectivity index (χ0v) is 6.94. The van der Waals surface area contributed by atoms with Gasteiger partial charge in [-0.25, -0.2) is 0 Å². The van der Waals surface area contributed by atoms with Gasteiger partial charge in [-0.1, -0.05) is 17.4 Å². The molecule has 0 N–H and O–H groups in total. The molecule has 1 nitrogen and oxygen atoms in total. The van der Waals surface area contributed by atoms with Gasteiger partial charge in [0.2, 0.25) is 0 Å². The Labute approximate surface area is 65.0 Å². The molecule has 0 unspecified atom stereocenters. The van der Waals surface area contributed by atoms with Gasteiger partial charge in [-0.05, 0) is 25.1 Å². The maximum atomic E-state index is 5.03. The fourth-order valence-corrected chi connectivity index (χ4v) is 1.49. The summed E-state index contributed by atoms with van der Waals surface area (Å²) in [5, 5.41) is 0.966. The lowest BCUT2D eigenvalue weighted by Gasteiger charge is -1.87. The average molecular weight is 154 g/mol. The van der Waals surface area contributed by atoms with Crippen molar-refractivity contribution in [3.05, 3.63) is 23.1 Å². The summed E-state index contributed by atoms with van der Waals surface area (Å²) in [4.78, 5) is 1.24. The molecule has 1 aromatic rings. The molecular formula is C8H10OS. The summed E-state index contributed by atoms with van der Waals surface area (Å²) >= 11 is 1.65. The van der Waals surface area contributed by atoms with Crippen LogP contribution in [-0.2, 0) is 0 Å². The van der Waals surface area contributed by atoms with E-state index in [1.54, 1.807) is 18.4 Å². The first-order chi connectivity index (χ1) is 4.86. The zero-order chi connectivity index (χ0) is 7.40. The van der Waals surface area contributed by atoms with Crippen LogP contribution in [-0.4, -0.2) is 7.11 Å². The lowest BCUT2D eigenvalue weighted by molar-refractivity contribution is 0.427. The van der Waals surface area contributed by atoms with Crippen molar-refractivity contribution in [3.8, 4) is 5.06 Å². The highest BCUT2D eigenvalue weighted by Crippen LogP contribution is 2.24. The molecule has 10 heavy (non-hydrogen) atoms. The van der Waals surface area contributed by atoms with E-state index in [2.05, 4.69) is 6.08 Å². The van der Waals surface area contributed by atoms with Gasteiger partial charge >= 0.3 is 0 Å². The molecule has 0 saturated carbocycles. The predicted octanol–water partition coefficient (Wildman–Crippen LogP) is 2.79. The van der Waals surface area contributed by atoms with Crippen molar-refractivity contribution >= 4 is 17.4 Å². The quantitative estimate of drug-likeness (QED) is 0.636. The summed E-state index contributed by atoms with van der Waals surface area (Å²) in [6.45, 7) is 2.01. The van der Waals surface area contributed by atoms with E-state index in [1.165, 1.54) is 4.88 Å². The Morgan fingerprint density at radius 2 is 2.30 bits per heavy atom. The van der Waals surface area contributed by atoms with Crippen LogP contribution in [0.3, 0.4) is 0 Å². The van der Waals surface area contributed by atoms with E-state index in [9.17, 15) is 0 Å². The third-order valence-electron chi connectivity index (χ3n) is 1.13. The minimum absolute atomic E-state index is 0.966. The fourth-order valence-electron chi connectivity index (χ4n) is 0.698. The summed E-state index contributed by atoms with van der Waals surface area (Å²) in [7, 11) is 1.69. The maximum absolute atomic E-state index is 5.03. The summed E-state index contributed by atoms with van der Waals surface area (Å²) in [5.41, 5.74) is 0. The van der Waals surface area contributed by atoms with Crippen LogP contribution in [0, 0.1) is 0 Å². The molecule has 0 spiro atoms. The first-order valence-corrected chi connectivity index (χ1v) is 3.95. The van der Waals surface area contributed by atoms with E-state index < -0.39 is 0 Å². The van der Waals surface area contributed by atoms with Gasteiger partial charge in [-0.2, -0.15) is 0 Å². The van der Waals surface area contributed by atoms with Crippen molar-refractivity contribution in [1.29, 1.82) is 0 Å². The fraction of sp³-hybridized carbons (Fsp3) is 0.250. The zero-order valence-electron chi connectivity index (χ0n) is 6.13. The molecule has 0 amide bonds. The highest BCUT2D eigenvalue weighted by Gasteiger charge is 1.93. The third kappa shape index (κ3) is 1.61. The molecule has 1 heterocycles. The Balaban J connectivity index is 2.78. The van der Waals surface area contributed by atoms with Gasteiger partial charge in [0, 0.05) is 4.88 Å². The monoisotopic (exact) mass is 154 g/mol. The molecule has 1 aromatic heterocycles. The number of methoxy groups -OCH3 is 1. The van der Waals surface area contributed by atoms with Gasteiger partial charge in [0.05, 0.1) is 7.11 Å². The molecule has 0 fully saturated rings. The second-order valence-corrected chi connectivity index (χ2v) is 2.94. The van der Waals surface area contributed by atoms with Crippen molar-refractivity contribution in [2.24, 2.45) is 0 Å². The molecule has 0 aliphatic rings. The number of hydrogen-bond acceptors (Lipinski definition) is 2. The minimum atomic E-state index is 0.966. The molecule has 0 aliphatic heterocycles. The van der Waals surface area contributed by atoms with E-state index in [-0.39, 0.29) is 0 Å². The van der Waals surface area contributed by atoms with Crippen LogP contribution in [0.25, 0.3) is 6.08 Å². The highest BCUT2D eigenvalue weighted by atomic mass is 32.1. The Bertz CT molecular complexity index is 225. The second-order valence-electron chi connectivity index (χ2n) is 1.86. The minimum Gasteiger partial charge on any atom is -0.487 e. The number of ether oxygens (including phenoxy) is 1. The van der Waals surface area contributed by atoms with E-state index in [0.717, 1.165) is 5.06 Å². The van der Waals surface area contributed by atoms with Crippen LogP contribution >= 0.6 is 11.3 Å². The molecule has 0 aromatic carbocycles. The molecule has 2 heteroatoms. The van der Waals surface area contributed by atoms with Crippen LogP contribution in [0.2, 0.25) is 0 Å². The summed E-state index contributed by atoms with van der Waals surface area (Å²) < 4.78 is 5.03. The molecule has 0 saturated heterocycles. The van der Waals surface area contributed by atoms with Crippen molar-refractivity contribution in [2.45, 2.75) is 6.92 Å². The molecule has 0 aliphatic carbocycles. The molecule has 1 rings (SSSR count). The smallest absolute Gasteiger partial charge is 0.173 e. The maximum Gasteiger partial charge on any atom is 0.173 e. The van der Waals surface area contributed by atoms with Crippen molar-refractivity contribution in [3.63, 3.8) is 0 Å². The van der Waals surface area contributed by atoms with Crippen LogP contribution in [0.4, 0.5) is 0 Å². The Morgan fingerprint density at radius 3 is 2.80 bits per heavy atom. The highest BCUT2D eigenvalue weighted by molar-refractivity contribution is 7.14. The summed E-state index contributed by atoms with van der Waals surface area (Å²) in [6, 6.07) is 4.02. The van der Waals surface area contributed by atoms with E-state index in [1.807, 2.05) is 25.1 Å². The standard InChI is InChI=1S/C8H10OS/c1-3-4-7-5-6-8(9-2)10-7/h3-6H,1-2H3/b4-3+. The first-order valence-electron chi connectivity index (χ1n) is 3.13. The predicted molar refractivity (Wildman–Crippen MR) is 45.6 cm³/mol. The normalized spacial score (nSPS) is 10.6.